The number of guanidine groups is 1. The lowest BCUT2D eigenvalue weighted by atomic mass is 10.1. The lowest BCUT2D eigenvalue weighted by Crippen LogP contribution is -2.38. The Hall–Kier alpha value is -1.63. The van der Waals surface area contributed by atoms with Crippen LogP contribution in [0.15, 0.2) is 35.3 Å². The van der Waals surface area contributed by atoms with E-state index >= 15 is 0 Å². The van der Waals surface area contributed by atoms with Crippen molar-refractivity contribution in [3.8, 4) is 0 Å². The second kappa shape index (κ2) is 12.7. The summed E-state index contributed by atoms with van der Waals surface area (Å²) in [5, 5.41) is 16.7. The lowest BCUT2D eigenvalue weighted by Gasteiger charge is -2.14. The first-order chi connectivity index (χ1) is 12.8. The second-order valence-electron chi connectivity index (χ2n) is 6.65. The SMILES string of the molecule is CCNC(=NCC(O)Cc1ccccc1)NCCCOCC1CCOC1. The predicted octanol–water partition coefficient (Wildman–Crippen LogP) is 1.59. The van der Waals surface area contributed by atoms with Crippen LogP contribution in [-0.4, -0.2) is 63.2 Å². The monoisotopic (exact) mass is 363 g/mol. The van der Waals surface area contributed by atoms with Gasteiger partial charge >= 0.3 is 0 Å². The van der Waals surface area contributed by atoms with Gasteiger partial charge in [0.2, 0.25) is 0 Å². The summed E-state index contributed by atoms with van der Waals surface area (Å²) in [5.74, 6) is 1.30. The third kappa shape index (κ3) is 8.65. The summed E-state index contributed by atoms with van der Waals surface area (Å²) in [7, 11) is 0. The third-order valence-electron chi connectivity index (χ3n) is 4.25. The molecule has 0 spiro atoms. The number of hydrogen-bond acceptors (Lipinski definition) is 4. The molecular formula is C20H33N3O3. The molecule has 0 amide bonds. The molecule has 0 aromatic heterocycles. The van der Waals surface area contributed by atoms with Crippen LogP contribution in [0.4, 0.5) is 0 Å². The number of ether oxygens (including phenoxy) is 2. The molecule has 1 heterocycles. The molecule has 1 aromatic carbocycles. The summed E-state index contributed by atoms with van der Waals surface area (Å²) in [4.78, 5) is 4.48. The minimum Gasteiger partial charge on any atom is -0.391 e. The van der Waals surface area contributed by atoms with Gasteiger partial charge in [0.15, 0.2) is 5.96 Å². The van der Waals surface area contributed by atoms with Crippen molar-refractivity contribution in [2.75, 3.05) is 46.1 Å². The van der Waals surface area contributed by atoms with E-state index in [1.165, 1.54) is 0 Å². The molecule has 26 heavy (non-hydrogen) atoms. The van der Waals surface area contributed by atoms with Crippen LogP contribution in [0.5, 0.6) is 0 Å². The number of aliphatic hydroxyl groups is 1. The fourth-order valence-electron chi connectivity index (χ4n) is 2.83. The van der Waals surface area contributed by atoms with E-state index in [2.05, 4.69) is 15.6 Å². The third-order valence-corrected chi connectivity index (χ3v) is 4.25. The predicted molar refractivity (Wildman–Crippen MR) is 104 cm³/mol. The fourth-order valence-corrected chi connectivity index (χ4v) is 2.83. The van der Waals surface area contributed by atoms with Crippen LogP contribution >= 0.6 is 0 Å². The van der Waals surface area contributed by atoms with Crippen molar-refractivity contribution in [1.82, 2.24) is 10.6 Å². The van der Waals surface area contributed by atoms with E-state index < -0.39 is 6.10 Å². The van der Waals surface area contributed by atoms with Crippen LogP contribution in [0.2, 0.25) is 0 Å². The minimum absolute atomic E-state index is 0.377. The fraction of sp³-hybridized carbons (Fsp3) is 0.650. The quantitative estimate of drug-likeness (QED) is 0.316. The molecule has 2 atom stereocenters. The van der Waals surface area contributed by atoms with Crippen molar-refractivity contribution in [3.63, 3.8) is 0 Å². The summed E-state index contributed by atoms with van der Waals surface area (Å²) in [6, 6.07) is 9.99. The van der Waals surface area contributed by atoms with Gasteiger partial charge in [-0.05, 0) is 25.3 Å². The van der Waals surface area contributed by atoms with Gasteiger partial charge in [0.25, 0.3) is 0 Å². The molecule has 1 aromatic rings. The van der Waals surface area contributed by atoms with Gasteiger partial charge in [-0.15, -0.1) is 0 Å². The van der Waals surface area contributed by atoms with Crippen molar-refractivity contribution in [2.24, 2.45) is 10.9 Å². The number of aliphatic hydroxyl groups excluding tert-OH is 1. The zero-order valence-electron chi connectivity index (χ0n) is 15.8. The highest BCUT2D eigenvalue weighted by molar-refractivity contribution is 5.79. The Morgan fingerprint density at radius 1 is 1.35 bits per heavy atom. The van der Waals surface area contributed by atoms with Crippen molar-refractivity contribution in [3.05, 3.63) is 35.9 Å². The maximum atomic E-state index is 10.2. The maximum Gasteiger partial charge on any atom is 0.191 e. The van der Waals surface area contributed by atoms with E-state index in [0.717, 1.165) is 63.9 Å². The number of nitrogens with one attached hydrogen (secondary N) is 2. The summed E-state index contributed by atoms with van der Waals surface area (Å²) in [5.41, 5.74) is 1.12. The Morgan fingerprint density at radius 3 is 2.92 bits per heavy atom. The number of rotatable bonds is 11. The molecule has 1 aliphatic heterocycles. The standard InChI is InChI=1S/C20H33N3O3/c1-2-21-20(22-10-6-11-25-15-18-9-12-26-16-18)23-14-19(24)13-17-7-4-3-5-8-17/h3-5,7-8,18-19,24H,2,6,9-16H2,1H3,(H2,21,22,23). The zero-order valence-corrected chi connectivity index (χ0v) is 15.8. The summed E-state index contributed by atoms with van der Waals surface area (Å²) >= 11 is 0. The summed E-state index contributed by atoms with van der Waals surface area (Å²) in [6.07, 6.45) is 2.16. The Morgan fingerprint density at radius 2 is 2.19 bits per heavy atom. The van der Waals surface area contributed by atoms with Crippen molar-refractivity contribution in [2.45, 2.75) is 32.3 Å². The molecule has 3 N–H and O–H groups in total. The van der Waals surface area contributed by atoms with Crippen molar-refractivity contribution >= 4 is 5.96 Å². The number of hydrogen-bond donors (Lipinski definition) is 3. The number of benzene rings is 1. The second-order valence-corrected chi connectivity index (χ2v) is 6.65. The first-order valence-electron chi connectivity index (χ1n) is 9.67. The average Bonchev–Trinajstić information content (AvgIpc) is 3.16. The van der Waals surface area contributed by atoms with E-state index in [1.54, 1.807) is 0 Å². The van der Waals surface area contributed by atoms with Gasteiger partial charge in [0, 0.05) is 38.6 Å². The summed E-state index contributed by atoms with van der Waals surface area (Å²) in [6.45, 7) is 7.22. The first kappa shape index (κ1) is 20.7. The highest BCUT2D eigenvalue weighted by Gasteiger charge is 2.15. The van der Waals surface area contributed by atoms with Gasteiger partial charge in [0.1, 0.15) is 0 Å². The van der Waals surface area contributed by atoms with Crippen molar-refractivity contribution < 1.29 is 14.6 Å². The molecule has 6 nitrogen and oxygen atoms in total. The molecule has 0 radical (unpaired) electrons. The van der Waals surface area contributed by atoms with Gasteiger partial charge in [-0.1, -0.05) is 30.3 Å². The zero-order chi connectivity index (χ0) is 18.5. The highest BCUT2D eigenvalue weighted by atomic mass is 16.5. The molecule has 0 bridgehead atoms. The van der Waals surface area contributed by atoms with Crippen LogP contribution in [0, 0.1) is 5.92 Å². The molecule has 2 rings (SSSR count). The van der Waals surface area contributed by atoms with Crippen LogP contribution in [-0.2, 0) is 15.9 Å². The normalized spacial score (nSPS) is 18.7. The number of nitrogens with zero attached hydrogens (tertiary/aromatic N) is 1. The van der Waals surface area contributed by atoms with Gasteiger partial charge in [-0.3, -0.25) is 4.99 Å². The highest BCUT2D eigenvalue weighted by Crippen LogP contribution is 2.12. The van der Waals surface area contributed by atoms with Crippen LogP contribution in [0.3, 0.4) is 0 Å². The van der Waals surface area contributed by atoms with Crippen LogP contribution in [0.1, 0.15) is 25.3 Å². The molecule has 0 aliphatic carbocycles. The largest absolute Gasteiger partial charge is 0.391 e. The lowest BCUT2D eigenvalue weighted by molar-refractivity contribution is 0.0888. The number of aliphatic imine (C=N–C) groups is 1. The average molecular weight is 364 g/mol. The molecule has 146 valence electrons. The van der Waals surface area contributed by atoms with E-state index in [0.29, 0.717) is 18.9 Å². The smallest absolute Gasteiger partial charge is 0.191 e. The van der Waals surface area contributed by atoms with E-state index in [-0.39, 0.29) is 0 Å². The Balaban J connectivity index is 1.60. The topological polar surface area (TPSA) is 75.1 Å². The molecule has 1 saturated heterocycles. The Labute approximate surface area is 157 Å². The van der Waals surface area contributed by atoms with E-state index in [1.807, 2.05) is 37.3 Å². The molecule has 1 aliphatic rings. The summed E-state index contributed by atoms with van der Waals surface area (Å²) < 4.78 is 11.0. The molecular weight excluding hydrogens is 330 g/mol. The van der Waals surface area contributed by atoms with E-state index in [9.17, 15) is 5.11 Å². The van der Waals surface area contributed by atoms with E-state index in [4.69, 9.17) is 9.47 Å². The molecule has 2 unspecified atom stereocenters. The van der Waals surface area contributed by atoms with Gasteiger partial charge in [-0.25, -0.2) is 0 Å². The molecule has 1 fully saturated rings. The van der Waals surface area contributed by atoms with Crippen LogP contribution in [0.25, 0.3) is 0 Å². The van der Waals surface area contributed by atoms with Crippen LogP contribution < -0.4 is 10.6 Å². The van der Waals surface area contributed by atoms with Gasteiger partial charge in [0.05, 0.1) is 25.9 Å². The van der Waals surface area contributed by atoms with Gasteiger partial charge < -0.3 is 25.2 Å². The molecule has 6 heteroatoms. The van der Waals surface area contributed by atoms with Crippen molar-refractivity contribution in [1.29, 1.82) is 0 Å². The first-order valence-corrected chi connectivity index (χ1v) is 9.67. The van der Waals surface area contributed by atoms with Gasteiger partial charge in [-0.2, -0.15) is 0 Å². The molecule has 0 saturated carbocycles. The minimum atomic E-state index is -0.482. The maximum absolute atomic E-state index is 10.2. The Kier molecular flexibility index (Phi) is 10.1. The Bertz CT molecular complexity index is 504.